The van der Waals surface area contributed by atoms with Gasteiger partial charge in [0.05, 0.1) is 0 Å². The third kappa shape index (κ3) is 3.72. The molecular weight excluding hydrogens is 328 g/mol. The quantitative estimate of drug-likeness (QED) is 0.915. The van der Waals surface area contributed by atoms with E-state index in [1.807, 2.05) is 17.8 Å². The topological polar surface area (TPSA) is 66.3 Å². The lowest BCUT2D eigenvalue weighted by Crippen LogP contribution is -2.41. The molecule has 0 aliphatic carbocycles. The number of likely N-dealkylation sites (N-methyl/N-ethyl adjacent to an activating group) is 1. The van der Waals surface area contributed by atoms with E-state index in [9.17, 15) is 4.79 Å². The van der Waals surface area contributed by atoms with Crippen LogP contribution in [0.15, 0.2) is 30.3 Å². The van der Waals surface area contributed by atoms with E-state index in [1.165, 1.54) is 5.56 Å². The molecule has 3 heterocycles. The maximum Gasteiger partial charge on any atom is 0.324 e. The molecule has 2 aliphatic heterocycles. The Labute approximate surface area is 154 Å². The molecule has 1 unspecified atom stereocenters. The van der Waals surface area contributed by atoms with Gasteiger partial charge in [-0.2, -0.15) is 4.98 Å². The third-order valence-electron chi connectivity index (χ3n) is 5.35. The van der Waals surface area contributed by atoms with Crippen molar-refractivity contribution >= 4 is 12.0 Å². The number of carbonyl (C=O) groups is 1. The number of aryl methyl sites for hydroxylation is 2. The molecule has 2 amide bonds. The number of amides is 2. The van der Waals surface area contributed by atoms with Gasteiger partial charge in [-0.1, -0.05) is 30.3 Å². The molecule has 1 atom stereocenters. The molecule has 4 rings (SSSR count). The molecule has 1 aromatic carbocycles. The molecule has 0 spiro atoms. The molecule has 138 valence electrons. The first-order valence-electron chi connectivity index (χ1n) is 9.43. The maximum atomic E-state index is 12.6. The minimum absolute atomic E-state index is 0.125. The van der Waals surface area contributed by atoms with Crippen LogP contribution >= 0.6 is 0 Å². The van der Waals surface area contributed by atoms with E-state index < -0.39 is 0 Å². The maximum absolute atomic E-state index is 12.6. The van der Waals surface area contributed by atoms with Crippen molar-refractivity contribution in [1.82, 2.24) is 24.6 Å². The Bertz CT molecular complexity index is 735. The number of hydrogen-bond donors (Lipinski definition) is 1. The average molecular weight is 354 g/mol. The fourth-order valence-electron chi connectivity index (χ4n) is 3.80. The number of carbonyl (C=O) groups excluding carboxylic acids is 1. The highest BCUT2D eigenvalue weighted by Crippen LogP contribution is 2.19. The molecule has 1 saturated heterocycles. The number of anilines is 1. The van der Waals surface area contributed by atoms with Crippen molar-refractivity contribution in [3.63, 3.8) is 0 Å². The molecule has 1 N–H and O–H groups in total. The van der Waals surface area contributed by atoms with Crippen LogP contribution in [0, 0.1) is 0 Å². The van der Waals surface area contributed by atoms with Crippen LogP contribution in [0.25, 0.3) is 0 Å². The predicted molar refractivity (Wildman–Crippen MR) is 99.9 cm³/mol. The minimum atomic E-state index is -0.125. The second-order valence-corrected chi connectivity index (χ2v) is 7.24. The summed E-state index contributed by atoms with van der Waals surface area (Å²) in [6.07, 6.45) is 4.20. The number of likely N-dealkylation sites (tertiary alicyclic amines) is 1. The van der Waals surface area contributed by atoms with Gasteiger partial charge in [0.2, 0.25) is 5.95 Å². The van der Waals surface area contributed by atoms with Crippen LogP contribution in [0.3, 0.4) is 0 Å². The molecule has 2 aromatic rings. The summed E-state index contributed by atoms with van der Waals surface area (Å²) in [5.74, 6) is 1.40. The van der Waals surface area contributed by atoms with Crippen LogP contribution in [0.4, 0.5) is 10.7 Å². The number of nitrogens with one attached hydrogen (secondary N) is 1. The van der Waals surface area contributed by atoms with Gasteiger partial charge in [-0.3, -0.25) is 10.2 Å². The average Bonchev–Trinajstić information content (AvgIpc) is 3.28. The van der Waals surface area contributed by atoms with Crippen molar-refractivity contribution in [2.45, 2.75) is 44.8 Å². The van der Waals surface area contributed by atoms with Crippen LogP contribution < -0.4 is 5.32 Å². The Morgan fingerprint density at radius 1 is 1.27 bits per heavy atom. The van der Waals surface area contributed by atoms with Gasteiger partial charge in [-0.25, -0.2) is 9.48 Å². The molecule has 26 heavy (non-hydrogen) atoms. The SMILES string of the molecule is CN(C(=O)Nc1nc2n(n1)CCCC2)C1CCN(Cc2ccccc2)C1. The van der Waals surface area contributed by atoms with E-state index >= 15 is 0 Å². The molecule has 0 radical (unpaired) electrons. The van der Waals surface area contributed by atoms with E-state index in [0.29, 0.717) is 5.95 Å². The van der Waals surface area contributed by atoms with Crippen LogP contribution in [0.5, 0.6) is 0 Å². The number of rotatable bonds is 4. The zero-order chi connectivity index (χ0) is 17.9. The number of aromatic nitrogens is 3. The number of nitrogens with zero attached hydrogens (tertiary/aromatic N) is 5. The molecule has 7 nitrogen and oxygen atoms in total. The summed E-state index contributed by atoms with van der Waals surface area (Å²) in [6.45, 7) is 3.73. The molecule has 2 aliphatic rings. The van der Waals surface area contributed by atoms with E-state index in [2.05, 4.69) is 44.6 Å². The Kier molecular flexibility index (Phi) is 4.88. The van der Waals surface area contributed by atoms with Crippen molar-refractivity contribution in [3.8, 4) is 0 Å². The molecule has 1 fully saturated rings. The second kappa shape index (κ2) is 7.45. The third-order valence-corrected chi connectivity index (χ3v) is 5.35. The van der Waals surface area contributed by atoms with Gasteiger partial charge in [0, 0.05) is 45.7 Å². The summed E-state index contributed by atoms with van der Waals surface area (Å²) in [7, 11) is 1.86. The Morgan fingerprint density at radius 2 is 2.12 bits per heavy atom. The van der Waals surface area contributed by atoms with Gasteiger partial charge in [-0.05, 0) is 24.8 Å². The van der Waals surface area contributed by atoms with Crippen molar-refractivity contribution in [3.05, 3.63) is 41.7 Å². The Balaban J connectivity index is 1.32. The summed E-state index contributed by atoms with van der Waals surface area (Å²) in [5, 5.41) is 7.27. The van der Waals surface area contributed by atoms with E-state index in [0.717, 1.165) is 57.7 Å². The number of hydrogen-bond acceptors (Lipinski definition) is 4. The van der Waals surface area contributed by atoms with Crippen molar-refractivity contribution in [1.29, 1.82) is 0 Å². The zero-order valence-corrected chi connectivity index (χ0v) is 15.3. The van der Waals surface area contributed by atoms with Gasteiger partial charge < -0.3 is 4.90 Å². The van der Waals surface area contributed by atoms with Crippen molar-refractivity contribution in [2.24, 2.45) is 0 Å². The smallest absolute Gasteiger partial charge is 0.323 e. The lowest BCUT2D eigenvalue weighted by molar-refractivity contribution is 0.201. The van der Waals surface area contributed by atoms with E-state index in [4.69, 9.17) is 0 Å². The fraction of sp³-hybridized carbons (Fsp3) is 0.526. The van der Waals surface area contributed by atoms with Gasteiger partial charge in [0.1, 0.15) is 5.82 Å². The van der Waals surface area contributed by atoms with Crippen molar-refractivity contribution in [2.75, 3.05) is 25.5 Å². The Morgan fingerprint density at radius 3 is 2.92 bits per heavy atom. The number of urea groups is 1. The van der Waals surface area contributed by atoms with Gasteiger partial charge in [0.15, 0.2) is 0 Å². The lowest BCUT2D eigenvalue weighted by atomic mass is 10.2. The minimum Gasteiger partial charge on any atom is -0.323 e. The monoisotopic (exact) mass is 354 g/mol. The zero-order valence-electron chi connectivity index (χ0n) is 15.3. The van der Waals surface area contributed by atoms with Crippen LogP contribution in [-0.2, 0) is 19.5 Å². The van der Waals surface area contributed by atoms with Crippen LogP contribution in [-0.4, -0.2) is 56.8 Å². The molecule has 0 saturated carbocycles. The predicted octanol–water partition coefficient (Wildman–Crippen LogP) is 2.35. The lowest BCUT2D eigenvalue weighted by Gasteiger charge is -2.24. The molecular formula is C19H26N6O. The van der Waals surface area contributed by atoms with Gasteiger partial charge in [-0.15, -0.1) is 5.10 Å². The molecule has 1 aromatic heterocycles. The standard InChI is InChI=1S/C19H26N6O/c1-23(16-10-12-24(14-16)13-15-7-3-2-4-8-15)19(26)21-18-20-17-9-5-6-11-25(17)22-18/h2-4,7-8,16H,5-6,9-14H2,1H3,(H,21,22,26). The van der Waals surface area contributed by atoms with Crippen LogP contribution in [0.1, 0.15) is 30.7 Å². The fourth-order valence-corrected chi connectivity index (χ4v) is 3.80. The molecule has 7 heteroatoms. The largest absolute Gasteiger partial charge is 0.324 e. The highest BCUT2D eigenvalue weighted by atomic mass is 16.2. The van der Waals surface area contributed by atoms with Crippen molar-refractivity contribution < 1.29 is 4.79 Å². The first-order valence-corrected chi connectivity index (χ1v) is 9.43. The normalized spacial score (nSPS) is 20.0. The summed E-state index contributed by atoms with van der Waals surface area (Å²) in [6, 6.07) is 10.6. The Hall–Kier alpha value is -2.41. The summed E-state index contributed by atoms with van der Waals surface area (Å²) in [5.41, 5.74) is 1.31. The number of benzene rings is 1. The van der Waals surface area contributed by atoms with Crippen LogP contribution in [0.2, 0.25) is 0 Å². The van der Waals surface area contributed by atoms with E-state index in [1.54, 1.807) is 4.90 Å². The second-order valence-electron chi connectivity index (χ2n) is 7.24. The highest BCUT2D eigenvalue weighted by Gasteiger charge is 2.29. The summed E-state index contributed by atoms with van der Waals surface area (Å²) < 4.78 is 1.91. The number of fused-ring (bicyclic) bond motifs is 1. The summed E-state index contributed by atoms with van der Waals surface area (Å²) in [4.78, 5) is 21.2. The van der Waals surface area contributed by atoms with Gasteiger partial charge >= 0.3 is 6.03 Å². The highest BCUT2D eigenvalue weighted by molar-refractivity contribution is 5.87. The first kappa shape index (κ1) is 17.0. The van der Waals surface area contributed by atoms with E-state index in [-0.39, 0.29) is 12.1 Å². The molecule has 0 bridgehead atoms. The van der Waals surface area contributed by atoms with Gasteiger partial charge in [0.25, 0.3) is 0 Å². The first-order chi connectivity index (χ1) is 12.7. The summed E-state index contributed by atoms with van der Waals surface area (Å²) >= 11 is 0.